The zero-order valence-corrected chi connectivity index (χ0v) is 16.8. The number of hydrogen-bond acceptors (Lipinski definition) is 6. The minimum Gasteiger partial charge on any atom is -0.338 e. The minimum atomic E-state index is -0.0946. The predicted octanol–water partition coefficient (Wildman–Crippen LogP) is 4.47. The Morgan fingerprint density at radius 2 is 2.07 bits per heavy atom. The summed E-state index contributed by atoms with van der Waals surface area (Å²) in [4.78, 5) is 28.3. The van der Waals surface area contributed by atoms with Gasteiger partial charge >= 0.3 is 0 Å². The number of Topliss-reactive ketones (excluding diaryl/α,β-unsaturated/α-hetero) is 1. The number of aromatic nitrogens is 3. The van der Waals surface area contributed by atoms with Crippen molar-refractivity contribution in [3.8, 4) is 0 Å². The van der Waals surface area contributed by atoms with E-state index in [1.54, 1.807) is 11.3 Å². The van der Waals surface area contributed by atoms with Crippen molar-refractivity contribution >= 4 is 44.2 Å². The summed E-state index contributed by atoms with van der Waals surface area (Å²) in [7, 11) is 0. The second-order valence-electron chi connectivity index (χ2n) is 6.75. The number of carbonyl (C=O) groups excluding carboxylic acids is 1. The molecule has 5 nitrogen and oxygen atoms in total. The number of ketones is 1. The van der Waals surface area contributed by atoms with Crippen molar-refractivity contribution in [3.63, 3.8) is 0 Å². The SMILES string of the molecule is CCc1nc(Cl)nc2nc(N3CCC[C@@H]3C(=O)CCc3ccccc3)sc12. The maximum atomic E-state index is 12.9. The van der Waals surface area contributed by atoms with E-state index < -0.39 is 0 Å². The molecule has 0 unspecified atom stereocenters. The van der Waals surface area contributed by atoms with Crippen LogP contribution in [0.2, 0.25) is 5.28 Å². The smallest absolute Gasteiger partial charge is 0.224 e. The van der Waals surface area contributed by atoms with Crippen LogP contribution in [0.3, 0.4) is 0 Å². The summed E-state index contributed by atoms with van der Waals surface area (Å²) in [6, 6.07) is 10.1. The monoisotopic (exact) mass is 400 g/mol. The van der Waals surface area contributed by atoms with Crippen LogP contribution in [0.5, 0.6) is 0 Å². The molecular formula is C20H21ClN4OS. The molecule has 1 atom stereocenters. The second kappa shape index (κ2) is 7.90. The maximum Gasteiger partial charge on any atom is 0.224 e. The molecule has 0 N–H and O–H groups in total. The first kappa shape index (κ1) is 18.3. The van der Waals surface area contributed by atoms with E-state index in [-0.39, 0.29) is 17.1 Å². The van der Waals surface area contributed by atoms with Crippen molar-refractivity contribution in [2.75, 3.05) is 11.4 Å². The van der Waals surface area contributed by atoms with E-state index in [0.29, 0.717) is 12.1 Å². The number of carbonyl (C=O) groups is 1. The Morgan fingerprint density at radius 3 is 2.85 bits per heavy atom. The number of benzene rings is 1. The van der Waals surface area contributed by atoms with Crippen molar-refractivity contribution in [1.82, 2.24) is 15.0 Å². The molecule has 4 rings (SSSR count). The van der Waals surface area contributed by atoms with Gasteiger partial charge in [-0.25, -0.2) is 4.98 Å². The zero-order chi connectivity index (χ0) is 18.8. The number of hydrogen-bond donors (Lipinski definition) is 0. The Kier molecular flexibility index (Phi) is 5.36. The predicted molar refractivity (Wildman–Crippen MR) is 110 cm³/mol. The van der Waals surface area contributed by atoms with Crippen molar-refractivity contribution < 1.29 is 4.79 Å². The molecule has 0 saturated carbocycles. The van der Waals surface area contributed by atoms with Crippen molar-refractivity contribution in [2.45, 2.75) is 45.1 Å². The third-order valence-corrected chi connectivity index (χ3v) is 6.29. The fraction of sp³-hybridized carbons (Fsp3) is 0.400. The second-order valence-corrected chi connectivity index (χ2v) is 8.06. The molecular weight excluding hydrogens is 380 g/mol. The summed E-state index contributed by atoms with van der Waals surface area (Å²) in [6.07, 6.45) is 4.01. The van der Waals surface area contributed by atoms with Crippen LogP contribution in [0.25, 0.3) is 10.3 Å². The number of anilines is 1. The van der Waals surface area contributed by atoms with E-state index >= 15 is 0 Å². The molecule has 1 fully saturated rings. The number of halogens is 1. The van der Waals surface area contributed by atoms with Crippen LogP contribution >= 0.6 is 22.9 Å². The molecule has 7 heteroatoms. The van der Waals surface area contributed by atoms with Crippen LogP contribution in [-0.4, -0.2) is 33.3 Å². The molecule has 0 radical (unpaired) electrons. The maximum absolute atomic E-state index is 12.9. The van der Waals surface area contributed by atoms with E-state index in [9.17, 15) is 4.79 Å². The van der Waals surface area contributed by atoms with Gasteiger partial charge in [-0.15, -0.1) is 0 Å². The lowest BCUT2D eigenvalue weighted by Gasteiger charge is -2.22. The highest BCUT2D eigenvalue weighted by molar-refractivity contribution is 7.22. The Morgan fingerprint density at radius 1 is 1.26 bits per heavy atom. The van der Waals surface area contributed by atoms with Crippen LogP contribution in [0.15, 0.2) is 30.3 Å². The van der Waals surface area contributed by atoms with Gasteiger partial charge < -0.3 is 4.90 Å². The quantitative estimate of drug-likeness (QED) is 0.571. The lowest BCUT2D eigenvalue weighted by Crippen LogP contribution is -2.36. The van der Waals surface area contributed by atoms with E-state index in [0.717, 1.165) is 47.8 Å². The molecule has 3 heterocycles. The summed E-state index contributed by atoms with van der Waals surface area (Å²) in [5.74, 6) is 0.287. The van der Waals surface area contributed by atoms with Gasteiger partial charge in [0, 0.05) is 13.0 Å². The standard InChI is InChI=1S/C20H21ClN4OS/c1-2-14-17-18(23-19(21)22-14)24-20(27-17)25-12-6-9-15(25)16(26)11-10-13-7-4-3-5-8-13/h3-5,7-8,15H,2,6,9-12H2,1H3/t15-/m1/s1. The molecule has 27 heavy (non-hydrogen) atoms. The molecule has 0 amide bonds. The van der Waals surface area contributed by atoms with Crippen molar-refractivity contribution in [1.29, 1.82) is 0 Å². The van der Waals surface area contributed by atoms with Crippen molar-refractivity contribution in [2.24, 2.45) is 0 Å². The van der Waals surface area contributed by atoms with E-state index in [4.69, 9.17) is 11.6 Å². The average molecular weight is 401 g/mol. The topological polar surface area (TPSA) is 59.0 Å². The minimum absolute atomic E-state index is 0.0946. The Hall–Kier alpha value is -2.05. The Labute approximate surface area is 167 Å². The molecule has 1 saturated heterocycles. The molecule has 140 valence electrons. The first-order chi connectivity index (χ1) is 13.2. The van der Waals surface area contributed by atoms with Gasteiger partial charge in [-0.05, 0) is 42.8 Å². The van der Waals surface area contributed by atoms with Gasteiger partial charge in [-0.1, -0.05) is 48.6 Å². The molecule has 1 aromatic carbocycles. The lowest BCUT2D eigenvalue weighted by molar-refractivity contribution is -0.120. The first-order valence-corrected chi connectivity index (χ1v) is 10.5. The average Bonchev–Trinajstić information content (AvgIpc) is 3.32. The Balaban J connectivity index is 1.54. The fourth-order valence-electron chi connectivity index (χ4n) is 3.61. The van der Waals surface area contributed by atoms with Gasteiger partial charge in [0.15, 0.2) is 16.6 Å². The summed E-state index contributed by atoms with van der Waals surface area (Å²) in [5, 5.41) is 1.08. The third kappa shape index (κ3) is 3.82. The lowest BCUT2D eigenvalue weighted by atomic mass is 10.0. The molecule has 0 aliphatic carbocycles. The van der Waals surface area contributed by atoms with Gasteiger partial charge in [-0.2, -0.15) is 9.97 Å². The third-order valence-electron chi connectivity index (χ3n) is 4.99. The van der Waals surface area contributed by atoms with Gasteiger partial charge in [0.25, 0.3) is 0 Å². The van der Waals surface area contributed by atoms with Gasteiger partial charge in [-0.3, -0.25) is 4.79 Å². The van der Waals surface area contributed by atoms with Gasteiger partial charge in [0.1, 0.15) is 0 Å². The molecule has 1 aliphatic heterocycles. The normalized spacial score (nSPS) is 17.0. The molecule has 1 aliphatic rings. The first-order valence-electron chi connectivity index (χ1n) is 9.32. The largest absolute Gasteiger partial charge is 0.338 e. The Bertz CT molecular complexity index is 959. The number of aryl methyl sites for hydroxylation is 2. The van der Waals surface area contributed by atoms with Crippen LogP contribution in [0, 0.1) is 0 Å². The number of nitrogens with zero attached hydrogens (tertiary/aromatic N) is 4. The van der Waals surface area contributed by atoms with Crippen LogP contribution in [0.1, 0.15) is 37.4 Å². The van der Waals surface area contributed by atoms with Gasteiger partial charge in [0.2, 0.25) is 5.28 Å². The zero-order valence-electron chi connectivity index (χ0n) is 15.2. The number of rotatable bonds is 6. The highest BCUT2D eigenvalue weighted by Gasteiger charge is 2.32. The summed E-state index contributed by atoms with van der Waals surface area (Å²) >= 11 is 7.59. The van der Waals surface area contributed by atoms with Crippen molar-refractivity contribution in [3.05, 3.63) is 46.9 Å². The highest BCUT2D eigenvalue weighted by Crippen LogP contribution is 2.35. The molecule has 3 aromatic rings. The van der Waals surface area contributed by atoms with Crippen LogP contribution < -0.4 is 4.90 Å². The molecule has 0 spiro atoms. The summed E-state index contributed by atoms with van der Waals surface area (Å²) < 4.78 is 0.972. The van der Waals surface area contributed by atoms with E-state index in [1.807, 2.05) is 25.1 Å². The highest BCUT2D eigenvalue weighted by atomic mass is 35.5. The van der Waals surface area contributed by atoms with Crippen LogP contribution in [-0.2, 0) is 17.6 Å². The van der Waals surface area contributed by atoms with E-state index in [2.05, 4.69) is 32.0 Å². The van der Waals surface area contributed by atoms with E-state index in [1.165, 1.54) is 5.56 Å². The summed E-state index contributed by atoms with van der Waals surface area (Å²) in [5.41, 5.74) is 2.75. The molecule has 0 bridgehead atoms. The number of fused-ring (bicyclic) bond motifs is 1. The van der Waals surface area contributed by atoms with Crippen LogP contribution in [0.4, 0.5) is 5.13 Å². The molecule has 2 aromatic heterocycles. The fourth-order valence-corrected chi connectivity index (χ4v) is 4.93. The van der Waals surface area contributed by atoms with Gasteiger partial charge in [0.05, 0.1) is 16.4 Å². The summed E-state index contributed by atoms with van der Waals surface area (Å²) in [6.45, 7) is 2.90. The number of thiazole rings is 1.